The molecule has 1 amide bonds. The highest BCUT2D eigenvalue weighted by atomic mass is 32.2. The number of benzene rings is 2. The van der Waals surface area contributed by atoms with Gasteiger partial charge in [0, 0.05) is 45.4 Å². The molecular formula is C24H33N3O5S. The summed E-state index contributed by atoms with van der Waals surface area (Å²) >= 11 is 0. The Bertz CT molecular complexity index is 999. The second-order valence-electron chi connectivity index (χ2n) is 8.37. The van der Waals surface area contributed by atoms with E-state index in [-0.39, 0.29) is 36.2 Å². The predicted molar refractivity (Wildman–Crippen MR) is 126 cm³/mol. The minimum atomic E-state index is -3.62. The van der Waals surface area contributed by atoms with E-state index in [4.69, 9.17) is 9.47 Å². The molecule has 0 saturated carbocycles. The van der Waals surface area contributed by atoms with Gasteiger partial charge in [0.1, 0.15) is 0 Å². The zero-order valence-electron chi connectivity index (χ0n) is 19.4. The average Bonchev–Trinajstić information content (AvgIpc) is 2.78. The SMILES string of the molecule is COCCNS(=O)(=O)c1ccc(C(=O)NCc2ccc(CN3CC(C)OC(C)C3)cc2)cc1. The Morgan fingerprint density at radius 3 is 2.24 bits per heavy atom. The van der Waals surface area contributed by atoms with Crippen molar-refractivity contribution in [2.45, 2.75) is 44.0 Å². The van der Waals surface area contributed by atoms with E-state index in [1.54, 1.807) is 0 Å². The number of amides is 1. The molecule has 1 aliphatic rings. The van der Waals surface area contributed by atoms with E-state index in [0.717, 1.165) is 25.2 Å². The van der Waals surface area contributed by atoms with Crippen LogP contribution in [-0.2, 0) is 32.6 Å². The fourth-order valence-electron chi connectivity index (χ4n) is 3.87. The van der Waals surface area contributed by atoms with Crippen LogP contribution < -0.4 is 10.0 Å². The van der Waals surface area contributed by atoms with E-state index >= 15 is 0 Å². The molecule has 1 heterocycles. The lowest BCUT2D eigenvalue weighted by Gasteiger charge is -2.35. The van der Waals surface area contributed by atoms with Gasteiger partial charge in [-0.25, -0.2) is 13.1 Å². The number of ether oxygens (including phenoxy) is 2. The molecule has 2 unspecified atom stereocenters. The number of rotatable bonds is 10. The number of methoxy groups -OCH3 is 1. The van der Waals surface area contributed by atoms with Crippen LogP contribution in [0.15, 0.2) is 53.4 Å². The molecule has 0 spiro atoms. The minimum absolute atomic E-state index is 0.106. The Balaban J connectivity index is 1.50. The van der Waals surface area contributed by atoms with Gasteiger partial charge in [-0.05, 0) is 49.2 Å². The lowest BCUT2D eigenvalue weighted by atomic mass is 10.1. The van der Waals surface area contributed by atoms with Crippen molar-refractivity contribution in [1.82, 2.24) is 14.9 Å². The largest absolute Gasteiger partial charge is 0.383 e. The van der Waals surface area contributed by atoms with E-state index in [9.17, 15) is 13.2 Å². The molecule has 2 aromatic carbocycles. The van der Waals surface area contributed by atoms with Gasteiger partial charge in [0.2, 0.25) is 10.0 Å². The third-order valence-electron chi connectivity index (χ3n) is 5.40. The Labute approximate surface area is 196 Å². The van der Waals surface area contributed by atoms with Gasteiger partial charge >= 0.3 is 0 Å². The Kier molecular flexibility index (Phi) is 8.99. The fourth-order valence-corrected chi connectivity index (χ4v) is 4.88. The highest BCUT2D eigenvalue weighted by Crippen LogP contribution is 2.15. The van der Waals surface area contributed by atoms with Crippen LogP contribution in [-0.4, -0.2) is 64.8 Å². The summed E-state index contributed by atoms with van der Waals surface area (Å²) in [5.74, 6) is -0.258. The number of nitrogens with one attached hydrogen (secondary N) is 2. The quantitative estimate of drug-likeness (QED) is 0.511. The fraction of sp³-hybridized carbons (Fsp3) is 0.458. The van der Waals surface area contributed by atoms with E-state index in [0.29, 0.717) is 12.1 Å². The summed E-state index contributed by atoms with van der Waals surface area (Å²) < 4.78 is 37.5. The highest BCUT2D eigenvalue weighted by molar-refractivity contribution is 7.89. The topological polar surface area (TPSA) is 97.0 Å². The number of hydrogen-bond donors (Lipinski definition) is 2. The van der Waals surface area contributed by atoms with Crippen molar-refractivity contribution >= 4 is 15.9 Å². The van der Waals surface area contributed by atoms with Crippen molar-refractivity contribution in [3.8, 4) is 0 Å². The second-order valence-corrected chi connectivity index (χ2v) is 10.1. The molecule has 33 heavy (non-hydrogen) atoms. The summed E-state index contributed by atoms with van der Waals surface area (Å²) in [6, 6.07) is 14.1. The van der Waals surface area contributed by atoms with Gasteiger partial charge in [0.15, 0.2) is 0 Å². The lowest BCUT2D eigenvalue weighted by molar-refractivity contribution is -0.0704. The van der Waals surface area contributed by atoms with Gasteiger partial charge in [-0.3, -0.25) is 9.69 Å². The molecule has 2 N–H and O–H groups in total. The number of sulfonamides is 1. The van der Waals surface area contributed by atoms with Crippen LogP contribution in [0.1, 0.15) is 35.3 Å². The standard InChI is InChI=1S/C24H33N3O5S/c1-18-15-27(16-19(2)32-18)17-21-6-4-20(5-7-21)14-25-24(28)22-8-10-23(11-9-22)33(29,30)26-12-13-31-3/h4-11,18-19,26H,12-17H2,1-3H3,(H,25,28). The minimum Gasteiger partial charge on any atom is -0.383 e. The summed E-state index contributed by atoms with van der Waals surface area (Å²) in [4.78, 5) is 15.0. The molecule has 0 aliphatic carbocycles. The van der Waals surface area contributed by atoms with Crippen LogP contribution in [0.4, 0.5) is 0 Å². The summed E-state index contributed by atoms with van der Waals surface area (Å²) in [7, 11) is -2.12. The van der Waals surface area contributed by atoms with Gasteiger partial charge in [-0.2, -0.15) is 0 Å². The van der Waals surface area contributed by atoms with Crippen molar-refractivity contribution < 1.29 is 22.7 Å². The number of hydrogen-bond acceptors (Lipinski definition) is 6. The zero-order valence-corrected chi connectivity index (χ0v) is 20.2. The van der Waals surface area contributed by atoms with Crippen LogP contribution in [0.3, 0.4) is 0 Å². The molecule has 3 rings (SSSR count). The van der Waals surface area contributed by atoms with Gasteiger partial charge in [-0.1, -0.05) is 24.3 Å². The van der Waals surface area contributed by atoms with Crippen molar-refractivity contribution in [3.63, 3.8) is 0 Å². The number of nitrogens with zero attached hydrogens (tertiary/aromatic N) is 1. The second kappa shape index (κ2) is 11.7. The van der Waals surface area contributed by atoms with Crippen LogP contribution in [0.25, 0.3) is 0 Å². The number of carbonyl (C=O) groups excluding carboxylic acids is 1. The van der Waals surface area contributed by atoms with E-state index in [1.165, 1.54) is 36.9 Å². The summed E-state index contributed by atoms with van der Waals surface area (Å²) in [6.45, 7) is 7.78. The molecule has 0 aromatic heterocycles. The first-order valence-electron chi connectivity index (χ1n) is 11.1. The Hall–Kier alpha value is -2.30. The molecule has 0 radical (unpaired) electrons. The molecule has 2 atom stereocenters. The molecule has 2 aromatic rings. The van der Waals surface area contributed by atoms with Crippen LogP contribution in [0, 0.1) is 0 Å². The van der Waals surface area contributed by atoms with Crippen LogP contribution in [0.5, 0.6) is 0 Å². The first kappa shape index (κ1) is 25.3. The van der Waals surface area contributed by atoms with Crippen molar-refractivity contribution in [3.05, 3.63) is 65.2 Å². The van der Waals surface area contributed by atoms with Crippen LogP contribution >= 0.6 is 0 Å². The van der Waals surface area contributed by atoms with E-state index < -0.39 is 10.0 Å². The smallest absolute Gasteiger partial charge is 0.251 e. The number of carbonyl (C=O) groups is 1. The molecular weight excluding hydrogens is 442 g/mol. The molecule has 1 saturated heterocycles. The summed E-state index contributed by atoms with van der Waals surface area (Å²) in [5.41, 5.74) is 2.62. The lowest BCUT2D eigenvalue weighted by Crippen LogP contribution is -2.44. The molecule has 180 valence electrons. The third kappa shape index (κ3) is 7.62. The van der Waals surface area contributed by atoms with E-state index in [2.05, 4.69) is 40.9 Å². The third-order valence-corrected chi connectivity index (χ3v) is 6.88. The monoisotopic (exact) mass is 475 g/mol. The van der Waals surface area contributed by atoms with Crippen LogP contribution in [0.2, 0.25) is 0 Å². The Morgan fingerprint density at radius 2 is 1.64 bits per heavy atom. The van der Waals surface area contributed by atoms with E-state index in [1.807, 2.05) is 12.1 Å². The van der Waals surface area contributed by atoms with Gasteiger partial charge < -0.3 is 14.8 Å². The molecule has 8 nitrogen and oxygen atoms in total. The predicted octanol–water partition coefficient (Wildman–Crippen LogP) is 2.15. The first-order chi connectivity index (χ1) is 15.8. The van der Waals surface area contributed by atoms with Gasteiger partial charge in [0.05, 0.1) is 23.7 Å². The highest BCUT2D eigenvalue weighted by Gasteiger charge is 2.22. The van der Waals surface area contributed by atoms with Crippen molar-refractivity contribution in [2.75, 3.05) is 33.4 Å². The van der Waals surface area contributed by atoms with Gasteiger partial charge in [-0.15, -0.1) is 0 Å². The maximum absolute atomic E-state index is 12.5. The normalized spacial score (nSPS) is 19.4. The number of morpholine rings is 1. The summed E-state index contributed by atoms with van der Waals surface area (Å²) in [6.07, 6.45) is 0.480. The maximum Gasteiger partial charge on any atom is 0.251 e. The van der Waals surface area contributed by atoms with Gasteiger partial charge in [0.25, 0.3) is 5.91 Å². The first-order valence-corrected chi connectivity index (χ1v) is 12.6. The van der Waals surface area contributed by atoms with Crippen molar-refractivity contribution in [2.24, 2.45) is 0 Å². The Morgan fingerprint density at radius 1 is 1.03 bits per heavy atom. The molecule has 1 aliphatic heterocycles. The average molecular weight is 476 g/mol. The maximum atomic E-state index is 12.5. The molecule has 1 fully saturated rings. The zero-order chi connectivity index (χ0) is 23.8. The van der Waals surface area contributed by atoms with Crippen molar-refractivity contribution in [1.29, 1.82) is 0 Å². The molecule has 0 bridgehead atoms. The molecule has 9 heteroatoms. The summed E-state index contributed by atoms with van der Waals surface area (Å²) in [5, 5.41) is 2.88.